The number of fused-ring (bicyclic) bond motifs is 1. The molecular formula is C27H32F3N3O3. The number of ether oxygens (including phenoxy) is 1. The first-order chi connectivity index (χ1) is 17.3. The molecule has 9 heteroatoms. The fraction of sp³-hybridized carbons (Fsp3) is 0.444. The van der Waals surface area contributed by atoms with E-state index in [0.29, 0.717) is 48.3 Å². The monoisotopic (exact) mass is 503 g/mol. The van der Waals surface area contributed by atoms with Crippen LogP contribution in [0.1, 0.15) is 37.4 Å². The van der Waals surface area contributed by atoms with Crippen LogP contribution in [0.5, 0.6) is 5.75 Å². The van der Waals surface area contributed by atoms with Crippen molar-refractivity contribution in [3.05, 3.63) is 65.6 Å². The maximum Gasteiger partial charge on any atom is 0.147 e. The number of aliphatic hydroxyl groups excluding tert-OH is 2. The zero-order valence-electron chi connectivity index (χ0n) is 20.3. The van der Waals surface area contributed by atoms with Crippen molar-refractivity contribution in [1.29, 1.82) is 0 Å². The molecule has 6 nitrogen and oxygen atoms in total. The number of hydrogen-bond acceptors (Lipinski definition) is 6. The van der Waals surface area contributed by atoms with Gasteiger partial charge >= 0.3 is 0 Å². The molecule has 36 heavy (non-hydrogen) atoms. The first-order valence-electron chi connectivity index (χ1n) is 12.2. The number of anilines is 1. The van der Waals surface area contributed by atoms with Crippen molar-refractivity contribution in [3.8, 4) is 5.75 Å². The predicted molar refractivity (Wildman–Crippen MR) is 132 cm³/mol. The van der Waals surface area contributed by atoms with E-state index in [1.54, 1.807) is 18.2 Å². The second kappa shape index (κ2) is 11.5. The molecule has 194 valence electrons. The molecule has 1 fully saturated rings. The SMILES string of the molecule is COc1ccc2ncc(F)c(C(O)CCC3(CO)CCN(CCNc4cc(F)cc(F)c4)CC3)c2c1. The number of nitrogens with zero attached hydrogens (tertiary/aromatic N) is 2. The fourth-order valence-corrected chi connectivity index (χ4v) is 4.97. The van der Waals surface area contributed by atoms with Gasteiger partial charge in [0.15, 0.2) is 0 Å². The average Bonchev–Trinajstić information content (AvgIpc) is 2.87. The van der Waals surface area contributed by atoms with Gasteiger partial charge in [-0.15, -0.1) is 0 Å². The van der Waals surface area contributed by atoms with Crippen molar-refractivity contribution in [3.63, 3.8) is 0 Å². The van der Waals surface area contributed by atoms with Gasteiger partial charge in [-0.2, -0.15) is 0 Å². The third-order valence-electron chi connectivity index (χ3n) is 7.22. The standard InChI is InChI=1S/C27H32F3N3O3/c1-36-21-2-3-24-22(15-21)26(23(30)16-32-24)25(35)4-5-27(17-34)6-9-33(10-7-27)11-8-31-20-13-18(28)12-19(29)14-20/h2-3,12-16,25,31,34-35H,4-11,17H2,1H3. The van der Waals surface area contributed by atoms with E-state index in [9.17, 15) is 23.4 Å². The second-order valence-electron chi connectivity index (χ2n) is 9.54. The first kappa shape index (κ1) is 26.2. The van der Waals surface area contributed by atoms with Gasteiger partial charge in [-0.3, -0.25) is 4.98 Å². The predicted octanol–water partition coefficient (Wildman–Crippen LogP) is 4.66. The Morgan fingerprint density at radius 2 is 1.83 bits per heavy atom. The summed E-state index contributed by atoms with van der Waals surface area (Å²) in [4.78, 5) is 6.34. The Kier molecular flexibility index (Phi) is 8.33. The Morgan fingerprint density at radius 3 is 2.50 bits per heavy atom. The molecule has 1 aliphatic heterocycles. The van der Waals surface area contributed by atoms with Gasteiger partial charge in [0.1, 0.15) is 23.2 Å². The van der Waals surface area contributed by atoms with E-state index < -0.39 is 23.6 Å². The van der Waals surface area contributed by atoms with E-state index in [-0.39, 0.29) is 17.6 Å². The summed E-state index contributed by atoms with van der Waals surface area (Å²) in [5.41, 5.74) is 0.820. The summed E-state index contributed by atoms with van der Waals surface area (Å²) in [7, 11) is 1.53. The van der Waals surface area contributed by atoms with E-state index >= 15 is 0 Å². The topological polar surface area (TPSA) is 77.8 Å². The lowest BCUT2D eigenvalue weighted by Crippen LogP contribution is -2.43. The highest BCUT2D eigenvalue weighted by atomic mass is 19.1. The largest absolute Gasteiger partial charge is 0.497 e. The van der Waals surface area contributed by atoms with Gasteiger partial charge in [-0.05, 0) is 74.5 Å². The van der Waals surface area contributed by atoms with Crippen molar-refractivity contribution < 1.29 is 28.1 Å². The van der Waals surface area contributed by atoms with Crippen LogP contribution in [-0.4, -0.2) is 60.0 Å². The number of aromatic nitrogens is 1. The fourth-order valence-electron chi connectivity index (χ4n) is 4.97. The van der Waals surface area contributed by atoms with Crippen molar-refractivity contribution in [2.45, 2.75) is 31.8 Å². The van der Waals surface area contributed by atoms with Crippen molar-refractivity contribution in [1.82, 2.24) is 9.88 Å². The summed E-state index contributed by atoms with van der Waals surface area (Å²) in [5, 5.41) is 24.7. The summed E-state index contributed by atoms with van der Waals surface area (Å²) < 4.78 is 46.7. The van der Waals surface area contributed by atoms with Gasteiger partial charge in [0, 0.05) is 42.4 Å². The number of likely N-dealkylation sites (tertiary alicyclic amines) is 1. The quantitative estimate of drug-likeness (QED) is 0.374. The van der Waals surface area contributed by atoms with E-state index in [2.05, 4.69) is 15.2 Å². The van der Waals surface area contributed by atoms with Crippen LogP contribution in [-0.2, 0) is 0 Å². The number of rotatable bonds is 10. The molecule has 2 heterocycles. The second-order valence-corrected chi connectivity index (χ2v) is 9.54. The van der Waals surface area contributed by atoms with Gasteiger partial charge in [-0.1, -0.05) is 0 Å². The first-order valence-corrected chi connectivity index (χ1v) is 12.2. The van der Waals surface area contributed by atoms with E-state index in [1.807, 2.05) is 0 Å². The Hall–Kier alpha value is -2.88. The van der Waals surface area contributed by atoms with Crippen molar-refractivity contribution >= 4 is 16.6 Å². The lowest BCUT2D eigenvalue weighted by Gasteiger charge is -2.41. The molecular weight excluding hydrogens is 471 g/mol. The summed E-state index contributed by atoms with van der Waals surface area (Å²) in [6.07, 6.45) is 2.41. The molecule has 0 spiro atoms. The van der Waals surface area contributed by atoms with E-state index in [0.717, 1.165) is 38.2 Å². The number of hydrogen-bond donors (Lipinski definition) is 3. The van der Waals surface area contributed by atoms with Crippen LogP contribution in [0.15, 0.2) is 42.6 Å². The van der Waals surface area contributed by atoms with Gasteiger partial charge in [0.2, 0.25) is 0 Å². The van der Waals surface area contributed by atoms with Crippen LogP contribution in [0.25, 0.3) is 10.9 Å². The lowest BCUT2D eigenvalue weighted by atomic mass is 9.74. The number of nitrogens with one attached hydrogen (secondary N) is 1. The van der Waals surface area contributed by atoms with Crippen molar-refractivity contribution in [2.24, 2.45) is 5.41 Å². The van der Waals surface area contributed by atoms with Crippen molar-refractivity contribution in [2.75, 3.05) is 45.2 Å². The molecule has 1 saturated heterocycles. The molecule has 0 amide bonds. The lowest BCUT2D eigenvalue weighted by molar-refractivity contribution is 0.0244. The summed E-state index contributed by atoms with van der Waals surface area (Å²) in [6, 6.07) is 8.50. The highest BCUT2D eigenvalue weighted by molar-refractivity contribution is 5.84. The smallest absolute Gasteiger partial charge is 0.147 e. The van der Waals surface area contributed by atoms with Gasteiger partial charge < -0.3 is 25.2 Å². The molecule has 0 radical (unpaired) electrons. The summed E-state index contributed by atoms with van der Waals surface area (Å²) in [6.45, 7) is 2.71. The minimum atomic E-state index is -1.04. The number of aliphatic hydroxyl groups is 2. The van der Waals surface area contributed by atoms with Crippen LogP contribution in [0.3, 0.4) is 0 Å². The van der Waals surface area contributed by atoms with Crippen LogP contribution in [0.4, 0.5) is 18.9 Å². The Morgan fingerprint density at radius 1 is 1.11 bits per heavy atom. The molecule has 4 rings (SSSR count). The molecule has 1 aliphatic rings. The van der Waals surface area contributed by atoms with Crippen LogP contribution in [0, 0.1) is 22.9 Å². The molecule has 3 N–H and O–H groups in total. The summed E-state index contributed by atoms with van der Waals surface area (Å²) in [5.74, 6) is -1.25. The number of benzene rings is 2. The number of halogens is 3. The van der Waals surface area contributed by atoms with E-state index in [1.165, 1.54) is 19.2 Å². The zero-order valence-corrected chi connectivity index (χ0v) is 20.3. The third kappa shape index (κ3) is 6.08. The van der Waals surface area contributed by atoms with Crippen LogP contribution < -0.4 is 10.1 Å². The minimum Gasteiger partial charge on any atom is -0.497 e. The average molecular weight is 504 g/mol. The van der Waals surface area contributed by atoms with Gasteiger partial charge in [0.05, 0.1) is 24.9 Å². The van der Waals surface area contributed by atoms with E-state index in [4.69, 9.17) is 4.74 Å². The molecule has 0 bridgehead atoms. The van der Waals surface area contributed by atoms with Crippen LogP contribution in [0.2, 0.25) is 0 Å². The Balaban J connectivity index is 1.33. The Labute approximate surface area is 208 Å². The zero-order chi connectivity index (χ0) is 25.7. The Bertz CT molecular complexity index is 1170. The number of methoxy groups -OCH3 is 1. The van der Waals surface area contributed by atoms with Gasteiger partial charge in [-0.25, -0.2) is 13.2 Å². The number of piperidine rings is 1. The molecule has 1 aromatic heterocycles. The number of pyridine rings is 1. The van der Waals surface area contributed by atoms with Gasteiger partial charge in [0.25, 0.3) is 0 Å². The molecule has 3 aromatic rings. The highest BCUT2D eigenvalue weighted by Gasteiger charge is 2.34. The molecule has 2 aromatic carbocycles. The maximum absolute atomic E-state index is 14.7. The normalized spacial score (nSPS) is 16.7. The highest BCUT2D eigenvalue weighted by Crippen LogP contribution is 2.39. The molecule has 1 atom stereocenters. The maximum atomic E-state index is 14.7. The molecule has 1 unspecified atom stereocenters. The minimum absolute atomic E-state index is 0.0121. The summed E-state index contributed by atoms with van der Waals surface area (Å²) >= 11 is 0. The molecule has 0 aliphatic carbocycles. The third-order valence-corrected chi connectivity index (χ3v) is 7.22. The van der Waals surface area contributed by atoms with Crippen LogP contribution >= 0.6 is 0 Å². The molecule has 0 saturated carbocycles.